The molecule has 0 aliphatic rings. The molecule has 14 heavy (non-hydrogen) atoms. The summed E-state index contributed by atoms with van der Waals surface area (Å²) in [5.74, 6) is -1.25. The van der Waals surface area contributed by atoms with E-state index in [9.17, 15) is 9.18 Å². The van der Waals surface area contributed by atoms with Gasteiger partial charge in [-0.2, -0.15) is 0 Å². The van der Waals surface area contributed by atoms with Gasteiger partial charge in [0.15, 0.2) is 0 Å². The Morgan fingerprint density at radius 2 is 2.29 bits per heavy atom. The van der Waals surface area contributed by atoms with Gasteiger partial charge < -0.3 is 9.84 Å². The summed E-state index contributed by atoms with van der Waals surface area (Å²) >= 11 is 3.05. The van der Waals surface area contributed by atoms with Crippen LogP contribution in [0.25, 0.3) is 0 Å². The van der Waals surface area contributed by atoms with Gasteiger partial charge in [-0.05, 0) is 12.1 Å². The molecule has 1 aromatic carbocycles. The first kappa shape index (κ1) is 11.1. The largest absolute Gasteiger partial charge is 0.465 e. The van der Waals surface area contributed by atoms with Crippen molar-refractivity contribution in [2.75, 3.05) is 7.11 Å². The van der Waals surface area contributed by atoms with Crippen LogP contribution in [0.3, 0.4) is 0 Å². The van der Waals surface area contributed by atoms with Gasteiger partial charge in [-0.3, -0.25) is 0 Å². The van der Waals surface area contributed by atoms with Gasteiger partial charge in [0.05, 0.1) is 19.3 Å². The lowest BCUT2D eigenvalue weighted by atomic mass is 10.1. The van der Waals surface area contributed by atoms with Crippen LogP contribution in [0.15, 0.2) is 16.6 Å². The maximum atomic E-state index is 13.2. The van der Waals surface area contributed by atoms with Gasteiger partial charge >= 0.3 is 5.97 Å². The normalized spacial score (nSPS) is 10.0. The highest BCUT2D eigenvalue weighted by Gasteiger charge is 2.13. The lowest BCUT2D eigenvalue weighted by molar-refractivity contribution is 0.0600. The third kappa shape index (κ3) is 2.10. The summed E-state index contributed by atoms with van der Waals surface area (Å²) in [7, 11) is 1.22. The summed E-state index contributed by atoms with van der Waals surface area (Å²) in [4.78, 5) is 11.0. The van der Waals surface area contributed by atoms with Crippen LogP contribution in [0.2, 0.25) is 0 Å². The predicted molar refractivity (Wildman–Crippen MR) is 51.4 cm³/mol. The Morgan fingerprint density at radius 3 is 2.71 bits per heavy atom. The minimum Gasteiger partial charge on any atom is -0.465 e. The lowest BCUT2D eigenvalue weighted by Gasteiger charge is -2.05. The molecule has 3 nitrogen and oxygen atoms in total. The number of benzene rings is 1. The average molecular weight is 263 g/mol. The molecule has 5 heteroatoms. The van der Waals surface area contributed by atoms with Crippen molar-refractivity contribution in [3.63, 3.8) is 0 Å². The predicted octanol–water partition coefficient (Wildman–Crippen LogP) is 1.87. The third-order valence-electron chi connectivity index (χ3n) is 1.72. The van der Waals surface area contributed by atoms with Crippen LogP contribution >= 0.6 is 15.9 Å². The maximum absolute atomic E-state index is 13.2. The number of aliphatic hydroxyl groups is 1. The molecule has 0 atom stereocenters. The SMILES string of the molecule is COC(=O)c1cc(F)c(CO)c(Br)c1. The number of aliphatic hydroxyl groups excluding tert-OH is 1. The van der Waals surface area contributed by atoms with Crippen molar-refractivity contribution in [1.82, 2.24) is 0 Å². The minimum absolute atomic E-state index is 0.106. The molecule has 1 aromatic rings. The van der Waals surface area contributed by atoms with Gasteiger partial charge in [-0.15, -0.1) is 0 Å². The fourth-order valence-electron chi connectivity index (χ4n) is 0.990. The zero-order chi connectivity index (χ0) is 10.7. The number of esters is 1. The van der Waals surface area contributed by atoms with Gasteiger partial charge in [-0.25, -0.2) is 9.18 Å². The van der Waals surface area contributed by atoms with Crippen LogP contribution in [-0.2, 0) is 11.3 Å². The number of hydrogen-bond acceptors (Lipinski definition) is 3. The Labute approximate surface area is 88.6 Å². The Kier molecular flexibility index (Phi) is 3.60. The summed E-state index contributed by atoms with van der Waals surface area (Å²) in [5.41, 5.74) is 0.228. The monoisotopic (exact) mass is 262 g/mol. The molecule has 0 saturated heterocycles. The Balaban J connectivity index is 3.20. The van der Waals surface area contributed by atoms with Crippen molar-refractivity contribution in [3.05, 3.63) is 33.5 Å². The van der Waals surface area contributed by atoms with Gasteiger partial charge in [0.1, 0.15) is 5.82 Å². The molecule has 1 N–H and O–H groups in total. The molecule has 0 radical (unpaired) electrons. The molecule has 0 fully saturated rings. The fraction of sp³-hybridized carbons (Fsp3) is 0.222. The molecule has 1 rings (SSSR count). The molecule has 0 bridgehead atoms. The summed E-state index contributed by atoms with van der Waals surface area (Å²) in [6, 6.07) is 2.43. The smallest absolute Gasteiger partial charge is 0.337 e. The molecule has 0 aromatic heterocycles. The quantitative estimate of drug-likeness (QED) is 0.828. The van der Waals surface area contributed by atoms with Crippen molar-refractivity contribution in [1.29, 1.82) is 0 Å². The first-order valence-electron chi connectivity index (χ1n) is 3.77. The highest BCUT2D eigenvalue weighted by molar-refractivity contribution is 9.10. The van der Waals surface area contributed by atoms with Crippen LogP contribution in [0, 0.1) is 5.82 Å². The zero-order valence-electron chi connectivity index (χ0n) is 7.38. The van der Waals surface area contributed by atoms with E-state index in [1.165, 1.54) is 13.2 Å². The second-order valence-electron chi connectivity index (χ2n) is 2.57. The molecule has 0 saturated carbocycles. The van der Waals surface area contributed by atoms with E-state index < -0.39 is 18.4 Å². The molecule has 0 spiro atoms. The third-order valence-corrected chi connectivity index (χ3v) is 2.43. The summed E-state index contributed by atoms with van der Waals surface area (Å²) in [6.45, 7) is -0.423. The highest BCUT2D eigenvalue weighted by Crippen LogP contribution is 2.22. The zero-order valence-corrected chi connectivity index (χ0v) is 8.97. The molecule has 0 heterocycles. The van der Waals surface area contributed by atoms with Crippen LogP contribution in [0.1, 0.15) is 15.9 Å². The lowest BCUT2D eigenvalue weighted by Crippen LogP contribution is -2.03. The average Bonchev–Trinajstić information content (AvgIpc) is 2.16. The Bertz CT molecular complexity index is 342. The van der Waals surface area contributed by atoms with Crippen LogP contribution < -0.4 is 0 Å². The number of carbonyl (C=O) groups is 1. The number of rotatable bonds is 2. The molecule has 0 unspecified atom stereocenters. The van der Waals surface area contributed by atoms with Crippen molar-refractivity contribution < 1.29 is 19.0 Å². The van der Waals surface area contributed by atoms with Gasteiger partial charge in [-0.1, -0.05) is 15.9 Å². The van der Waals surface area contributed by atoms with Crippen molar-refractivity contribution in [3.8, 4) is 0 Å². The second-order valence-corrected chi connectivity index (χ2v) is 3.42. The Morgan fingerprint density at radius 1 is 1.64 bits per heavy atom. The van der Waals surface area contributed by atoms with E-state index in [0.29, 0.717) is 4.47 Å². The van der Waals surface area contributed by atoms with E-state index in [4.69, 9.17) is 5.11 Å². The van der Waals surface area contributed by atoms with Crippen LogP contribution in [-0.4, -0.2) is 18.2 Å². The van der Waals surface area contributed by atoms with Crippen LogP contribution in [0.4, 0.5) is 4.39 Å². The van der Waals surface area contributed by atoms with E-state index in [2.05, 4.69) is 20.7 Å². The summed E-state index contributed by atoms with van der Waals surface area (Å²) in [5, 5.41) is 8.80. The number of carbonyl (C=O) groups excluding carboxylic acids is 1. The van der Waals surface area contributed by atoms with Crippen molar-refractivity contribution >= 4 is 21.9 Å². The van der Waals surface area contributed by atoms with Crippen molar-refractivity contribution in [2.24, 2.45) is 0 Å². The van der Waals surface area contributed by atoms with E-state index in [-0.39, 0.29) is 11.1 Å². The number of halogens is 2. The molecular formula is C9H8BrFO3. The minimum atomic E-state index is -0.637. The van der Waals surface area contributed by atoms with E-state index in [0.717, 1.165) is 6.07 Å². The standard InChI is InChI=1S/C9H8BrFO3/c1-14-9(13)5-2-7(10)6(4-12)8(11)3-5/h2-3,12H,4H2,1H3. The van der Waals surface area contributed by atoms with Gasteiger partial charge in [0.2, 0.25) is 0 Å². The number of hydrogen-bond donors (Lipinski definition) is 1. The van der Waals surface area contributed by atoms with E-state index in [1.807, 2.05) is 0 Å². The first-order chi connectivity index (χ1) is 6.60. The highest BCUT2D eigenvalue weighted by atomic mass is 79.9. The van der Waals surface area contributed by atoms with Crippen molar-refractivity contribution in [2.45, 2.75) is 6.61 Å². The fourth-order valence-corrected chi connectivity index (χ4v) is 1.55. The van der Waals surface area contributed by atoms with Crippen LogP contribution in [0.5, 0.6) is 0 Å². The van der Waals surface area contributed by atoms with Gasteiger partial charge in [0, 0.05) is 10.0 Å². The topological polar surface area (TPSA) is 46.5 Å². The molecule has 0 aliphatic heterocycles. The van der Waals surface area contributed by atoms with E-state index >= 15 is 0 Å². The molecule has 0 aliphatic carbocycles. The summed E-state index contributed by atoms with van der Waals surface area (Å²) in [6.07, 6.45) is 0. The van der Waals surface area contributed by atoms with Gasteiger partial charge in [0.25, 0.3) is 0 Å². The van der Waals surface area contributed by atoms with E-state index in [1.54, 1.807) is 0 Å². The summed E-state index contributed by atoms with van der Waals surface area (Å²) < 4.78 is 18.0. The molecule has 0 amide bonds. The Hall–Kier alpha value is -0.940. The second kappa shape index (κ2) is 4.52. The number of methoxy groups -OCH3 is 1. The maximum Gasteiger partial charge on any atom is 0.337 e. The first-order valence-corrected chi connectivity index (χ1v) is 4.56. The molecular weight excluding hydrogens is 255 g/mol. The number of ether oxygens (including phenoxy) is 1. The molecule has 76 valence electrons.